The van der Waals surface area contributed by atoms with Crippen molar-refractivity contribution in [3.05, 3.63) is 22.4 Å². The smallest absolute Gasteiger partial charge is 0.0723 e. The Hall–Kier alpha value is -0.830. The molecule has 0 saturated carbocycles. The van der Waals surface area contributed by atoms with Gasteiger partial charge in [0.25, 0.3) is 0 Å². The normalized spacial score (nSPS) is 9.00. The minimum atomic E-state index is -1.11. The molecule has 1 aromatic rings. The van der Waals surface area contributed by atoms with Crippen LogP contribution in [0.25, 0.3) is 0 Å². The minimum absolute atomic E-state index is 0.259. The lowest BCUT2D eigenvalue weighted by Gasteiger charge is -1.92. The quantitative estimate of drug-likeness (QED) is 0.537. The summed E-state index contributed by atoms with van der Waals surface area (Å²) in [6, 6.07) is 1.51. The average Bonchev–Trinajstić information content (AvgIpc) is 2.12. The van der Waals surface area contributed by atoms with Crippen molar-refractivity contribution in [1.29, 1.82) is 0 Å². The van der Waals surface area contributed by atoms with Gasteiger partial charge in [0.15, 0.2) is 0 Å². The largest absolute Gasteiger partial charge is 0.545 e. The SMILES string of the molecule is O=C([O-])c1ccsc1. The number of thiophene rings is 1. The van der Waals surface area contributed by atoms with E-state index < -0.39 is 5.97 Å². The Morgan fingerprint density at radius 3 is 2.75 bits per heavy atom. The van der Waals surface area contributed by atoms with Crippen LogP contribution in [0.15, 0.2) is 16.8 Å². The maximum absolute atomic E-state index is 9.96. The first-order valence-electron chi connectivity index (χ1n) is 2.04. The molecule has 2 nitrogen and oxygen atoms in total. The van der Waals surface area contributed by atoms with Crippen LogP contribution in [0.2, 0.25) is 0 Å². The van der Waals surface area contributed by atoms with E-state index in [0.717, 1.165) is 0 Å². The third-order valence-corrected chi connectivity index (χ3v) is 1.44. The summed E-state index contributed by atoms with van der Waals surface area (Å²) >= 11 is 1.35. The fourth-order valence-electron chi connectivity index (χ4n) is 0.381. The summed E-state index contributed by atoms with van der Waals surface area (Å²) in [4.78, 5) is 9.96. The van der Waals surface area contributed by atoms with Gasteiger partial charge >= 0.3 is 0 Å². The first-order valence-corrected chi connectivity index (χ1v) is 2.98. The number of carboxylic acid groups (broad SMARTS) is 1. The Labute approximate surface area is 50.4 Å². The maximum atomic E-state index is 9.96. The molecule has 0 fully saturated rings. The van der Waals surface area contributed by atoms with Crippen molar-refractivity contribution in [3.63, 3.8) is 0 Å². The summed E-state index contributed by atoms with van der Waals surface area (Å²) in [6.45, 7) is 0. The highest BCUT2D eigenvalue weighted by molar-refractivity contribution is 7.08. The van der Waals surface area contributed by atoms with Crippen molar-refractivity contribution in [3.8, 4) is 0 Å². The molecule has 0 amide bonds. The molecule has 0 atom stereocenters. The van der Waals surface area contributed by atoms with Crippen molar-refractivity contribution in [1.82, 2.24) is 0 Å². The molecule has 0 spiro atoms. The molecule has 0 aliphatic heterocycles. The number of rotatable bonds is 1. The van der Waals surface area contributed by atoms with Gasteiger partial charge in [0.05, 0.1) is 5.97 Å². The Morgan fingerprint density at radius 2 is 2.50 bits per heavy atom. The van der Waals surface area contributed by atoms with E-state index in [1.165, 1.54) is 22.8 Å². The third kappa shape index (κ3) is 0.869. The molecule has 3 heteroatoms. The second kappa shape index (κ2) is 1.96. The topological polar surface area (TPSA) is 40.1 Å². The average molecular weight is 127 g/mol. The molecule has 0 aliphatic carbocycles. The van der Waals surface area contributed by atoms with Crippen molar-refractivity contribution in [2.45, 2.75) is 0 Å². The van der Waals surface area contributed by atoms with Crippen LogP contribution >= 0.6 is 11.3 Å². The zero-order chi connectivity index (χ0) is 5.98. The van der Waals surface area contributed by atoms with Crippen molar-refractivity contribution in [2.75, 3.05) is 0 Å². The third-order valence-electron chi connectivity index (χ3n) is 0.757. The van der Waals surface area contributed by atoms with Crippen LogP contribution in [-0.4, -0.2) is 5.97 Å². The van der Waals surface area contributed by atoms with Crippen LogP contribution in [0.5, 0.6) is 0 Å². The van der Waals surface area contributed by atoms with E-state index in [2.05, 4.69) is 0 Å². The van der Waals surface area contributed by atoms with Gasteiger partial charge in [-0.3, -0.25) is 0 Å². The van der Waals surface area contributed by atoms with Crippen LogP contribution in [0.4, 0.5) is 0 Å². The van der Waals surface area contributed by atoms with E-state index in [4.69, 9.17) is 0 Å². The van der Waals surface area contributed by atoms with E-state index in [1.54, 1.807) is 5.38 Å². The van der Waals surface area contributed by atoms with Crippen molar-refractivity contribution in [2.24, 2.45) is 0 Å². The van der Waals surface area contributed by atoms with Gasteiger partial charge in [-0.1, -0.05) is 0 Å². The highest BCUT2D eigenvalue weighted by Crippen LogP contribution is 2.02. The predicted octanol–water partition coefficient (Wildman–Crippen LogP) is 0.112. The van der Waals surface area contributed by atoms with Crippen LogP contribution < -0.4 is 5.11 Å². The number of aromatic carboxylic acids is 1. The zero-order valence-electron chi connectivity index (χ0n) is 3.96. The Kier molecular flexibility index (Phi) is 1.30. The van der Waals surface area contributed by atoms with Crippen LogP contribution in [0.1, 0.15) is 10.4 Å². The molecule has 1 heterocycles. The molecule has 0 bridgehead atoms. The molecule has 0 aromatic carbocycles. The van der Waals surface area contributed by atoms with Gasteiger partial charge in [0.2, 0.25) is 0 Å². The van der Waals surface area contributed by atoms with Gasteiger partial charge < -0.3 is 9.90 Å². The monoisotopic (exact) mass is 127 g/mol. The number of hydrogen-bond donors (Lipinski definition) is 0. The van der Waals surface area contributed by atoms with E-state index in [9.17, 15) is 9.90 Å². The van der Waals surface area contributed by atoms with Crippen molar-refractivity contribution >= 4 is 17.3 Å². The Balaban J connectivity index is 2.93. The highest BCUT2D eigenvalue weighted by Gasteiger charge is 1.88. The summed E-state index contributed by atoms with van der Waals surface area (Å²) in [6.07, 6.45) is 0. The second-order valence-corrected chi connectivity index (χ2v) is 2.08. The van der Waals surface area contributed by atoms with Gasteiger partial charge in [-0.15, -0.1) is 0 Å². The first-order chi connectivity index (χ1) is 3.80. The van der Waals surface area contributed by atoms with Gasteiger partial charge in [0, 0.05) is 5.56 Å². The summed E-state index contributed by atoms with van der Waals surface area (Å²) in [5, 5.41) is 13.2. The standard InChI is InChI=1S/C5H4O2S/c6-5(7)4-1-2-8-3-4/h1-3H,(H,6,7)/p-1. The fraction of sp³-hybridized carbons (Fsp3) is 0. The lowest BCUT2D eigenvalue weighted by atomic mass is 10.4. The summed E-state index contributed by atoms with van der Waals surface area (Å²) < 4.78 is 0. The predicted molar refractivity (Wildman–Crippen MR) is 28.6 cm³/mol. The van der Waals surface area contributed by atoms with Crippen LogP contribution in [0.3, 0.4) is 0 Å². The molecule has 0 aliphatic rings. The van der Waals surface area contributed by atoms with Gasteiger partial charge in [-0.2, -0.15) is 11.3 Å². The van der Waals surface area contributed by atoms with Crippen molar-refractivity contribution < 1.29 is 9.90 Å². The fourth-order valence-corrected chi connectivity index (χ4v) is 1.01. The van der Waals surface area contributed by atoms with E-state index in [0.29, 0.717) is 0 Å². The Morgan fingerprint density at radius 1 is 1.75 bits per heavy atom. The van der Waals surface area contributed by atoms with Crippen LogP contribution in [0, 0.1) is 0 Å². The zero-order valence-corrected chi connectivity index (χ0v) is 4.77. The van der Waals surface area contributed by atoms with Gasteiger partial charge in [-0.25, -0.2) is 0 Å². The number of hydrogen-bond acceptors (Lipinski definition) is 3. The number of carbonyl (C=O) groups is 1. The lowest BCUT2D eigenvalue weighted by molar-refractivity contribution is -0.255. The minimum Gasteiger partial charge on any atom is -0.545 e. The summed E-state index contributed by atoms with van der Waals surface area (Å²) in [5.41, 5.74) is 0.259. The molecular formula is C5H3O2S-. The summed E-state index contributed by atoms with van der Waals surface area (Å²) in [5.74, 6) is -1.11. The van der Waals surface area contributed by atoms with Crippen LogP contribution in [-0.2, 0) is 0 Å². The molecule has 0 radical (unpaired) electrons. The van der Waals surface area contributed by atoms with E-state index >= 15 is 0 Å². The molecule has 1 aromatic heterocycles. The molecular weight excluding hydrogens is 124 g/mol. The van der Waals surface area contributed by atoms with Gasteiger partial charge in [-0.05, 0) is 16.8 Å². The number of carboxylic acids is 1. The number of carbonyl (C=O) groups excluding carboxylic acids is 1. The van der Waals surface area contributed by atoms with E-state index in [1.807, 2.05) is 0 Å². The summed E-state index contributed by atoms with van der Waals surface area (Å²) in [7, 11) is 0. The molecule has 8 heavy (non-hydrogen) atoms. The molecule has 0 saturated heterocycles. The van der Waals surface area contributed by atoms with Gasteiger partial charge in [0.1, 0.15) is 0 Å². The molecule has 0 unspecified atom stereocenters. The Bertz CT molecular complexity index is 178. The molecule has 0 N–H and O–H groups in total. The van der Waals surface area contributed by atoms with E-state index in [-0.39, 0.29) is 5.56 Å². The second-order valence-electron chi connectivity index (χ2n) is 1.30. The first kappa shape index (κ1) is 5.31. The lowest BCUT2D eigenvalue weighted by Crippen LogP contribution is -2.21. The maximum Gasteiger partial charge on any atom is 0.0723 e. The molecule has 1 rings (SSSR count). The highest BCUT2D eigenvalue weighted by atomic mass is 32.1. The molecule has 42 valence electrons.